The van der Waals surface area contributed by atoms with Crippen LogP contribution < -0.4 is 0 Å². The maximum atomic E-state index is 10.5. The van der Waals surface area contributed by atoms with Crippen LogP contribution in [0.25, 0.3) is 0 Å². The number of carbonyl (C=O) groups excluding carboxylic acids is 1. The minimum Gasteiger partial charge on any atom is -0.481 e. The number of rotatable bonds is 3. The molecule has 0 atom stereocenters. The Bertz CT molecular complexity index is 541. The van der Waals surface area contributed by atoms with Crippen LogP contribution >= 0.6 is 0 Å². The molecule has 0 spiro atoms. The van der Waals surface area contributed by atoms with E-state index < -0.39 is 23.9 Å². The molecule has 9 nitrogen and oxygen atoms in total. The average Bonchev–Trinajstić information content (AvgIpc) is 2.49. The van der Waals surface area contributed by atoms with Crippen molar-refractivity contribution in [2.75, 3.05) is 0 Å². The molecule has 0 aliphatic carbocycles. The van der Waals surface area contributed by atoms with Crippen LogP contribution in [0.3, 0.4) is 0 Å². The van der Waals surface area contributed by atoms with Crippen LogP contribution in [0.1, 0.15) is 34.6 Å². The van der Waals surface area contributed by atoms with Crippen molar-refractivity contribution >= 4 is 30.7 Å². The predicted octanol–water partition coefficient (Wildman–Crippen LogP) is 1.64. The molecule has 0 amide bonds. The Kier molecular flexibility index (Phi) is 15.3. The van der Waals surface area contributed by atoms with E-state index in [0.29, 0.717) is 0 Å². The number of carbonyl (C=O) groups is 5. The summed E-state index contributed by atoms with van der Waals surface area (Å²) in [6, 6.07) is 5.48. The molecule has 0 saturated heterocycles. The fraction of sp³-hybridized carbons (Fsp3) is 0.133. The predicted molar refractivity (Wildman–Crippen MR) is 83.2 cm³/mol. The lowest BCUT2D eigenvalue weighted by Gasteiger charge is -1.98. The van der Waals surface area contributed by atoms with E-state index in [9.17, 15) is 14.4 Å². The summed E-state index contributed by atoms with van der Waals surface area (Å²) >= 11 is 0. The van der Waals surface area contributed by atoms with Gasteiger partial charge < -0.3 is 25.2 Å². The highest BCUT2D eigenvalue weighted by atomic mass is 16.4. The molecule has 1 aromatic rings. The molecular formula is C15H18O9. The van der Waals surface area contributed by atoms with Gasteiger partial charge in [-0.3, -0.25) is 4.79 Å². The average molecular weight is 342 g/mol. The number of carboxylic acid groups (broad SMARTS) is 4. The molecule has 1 aromatic carbocycles. The first-order valence-electron chi connectivity index (χ1n) is 5.93. The van der Waals surface area contributed by atoms with Gasteiger partial charge in [-0.05, 0) is 19.1 Å². The van der Waals surface area contributed by atoms with Crippen LogP contribution in [0.15, 0.2) is 36.4 Å². The Labute approximate surface area is 137 Å². The van der Waals surface area contributed by atoms with E-state index in [1.165, 1.54) is 31.2 Å². The highest BCUT2D eigenvalue weighted by molar-refractivity contribution is 6.01. The quantitative estimate of drug-likeness (QED) is 0.597. The van der Waals surface area contributed by atoms with E-state index in [4.69, 9.17) is 30.0 Å². The van der Waals surface area contributed by atoms with Crippen LogP contribution in [0, 0.1) is 0 Å². The summed E-state index contributed by atoms with van der Waals surface area (Å²) in [7, 11) is 0. The monoisotopic (exact) mass is 342 g/mol. The highest BCUT2D eigenvalue weighted by Crippen LogP contribution is 2.07. The Morgan fingerprint density at radius 2 is 1.00 bits per heavy atom. The van der Waals surface area contributed by atoms with E-state index >= 15 is 0 Å². The van der Waals surface area contributed by atoms with Crippen molar-refractivity contribution in [3.63, 3.8) is 0 Å². The summed E-state index contributed by atoms with van der Waals surface area (Å²) in [6.07, 6.45) is 0. The molecule has 0 radical (unpaired) electrons. The molecule has 0 fully saturated rings. The van der Waals surface area contributed by atoms with Crippen LogP contribution in [-0.4, -0.2) is 51.1 Å². The second-order valence-electron chi connectivity index (χ2n) is 3.76. The van der Waals surface area contributed by atoms with Gasteiger partial charge in [0.05, 0.1) is 11.1 Å². The third-order valence-corrected chi connectivity index (χ3v) is 1.75. The molecule has 0 heterocycles. The summed E-state index contributed by atoms with van der Waals surface area (Å²) in [5.74, 6) is -4.23. The number of aromatic carboxylic acids is 2. The molecule has 0 aliphatic heterocycles. The van der Waals surface area contributed by atoms with Gasteiger partial charge in [0, 0.05) is 12.5 Å². The topological polar surface area (TPSA) is 166 Å². The highest BCUT2D eigenvalue weighted by Gasteiger charge is 2.13. The molecule has 132 valence electrons. The zero-order chi connectivity index (χ0) is 19.9. The molecule has 9 heteroatoms. The van der Waals surface area contributed by atoms with E-state index in [1.807, 2.05) is 6.79 Å². The Balaban J connectivity index is -0.000000309. The van der Waals surface area contributed by atoms with Crippen LogP contribution in [0.2, 0.25) is 0 Å². The van der Waals surface area contributed by atoms with E-state index in [1.54, 1.807) is 0 Å². The number of aliphatic carboxylic acids is 2. The van der Waals surface area contributed by atoms with Crippen molar-refractivity contribution in [3.8, 4) is 0 Å². The van der Waals surface area contributed by atoms with Gasteiger partial charge in [0.25, 0.3) is 5.97 Å². The summed E-state index contributed by atoms with van der Waals surface area (Å²) in [5, 5.41) is 32.4. The van der Waals surface area contributed by atoms with E-state index in [-0.39, 0.29) is 16.7 Å². The van der Waals surface area contributed by atoms with Crippen LogP contribution in [0.5, 0.6) is 0 Å². The van der Waals surface area contributed by atoms with Crippen molar-refractivity contribution in [1.82, 2.24) is 0 Å². The minimum atomic E-state index is -1.23. The molecule has 1 rings (SSSR count). The van der Waals surface area contributed by atoms with E-state index in [2.05, 4.69) is 6.58 Å². The molecule has 24 heavy (non-hydrogen) atoms. The van der Waals surface area contributed by atoms with Crippen molar-refractivity contribution in [2.45, 2.75) is 13.8 Å². The third-order valence-electron chi connectivity index (χ3n) is 1.75. The first kappa shape index (κ1) is 25.5. The van der Waals surface area contributed by atoms with Gasteiger partial charge in [0.2, 0.25) is 0 Å². The number of hydrogen-bond acceptors (Lipinski definition) is 5. The fourth-order valence-corrected chi connectivity index (χ4v) is 0.856. The second-order valence-corrected chi connectivity index (χ2v) is 3.76. The maximum Gasteiger partial charge on any atom is 0.336 e. The van der Waals surface area contributed by atoms with Gasteiger partial charge in [-0.15, -0.1) is 0 Å². The lowest BCUT2D eigenvalue weighted by Crippen LogP contribution is -2.06. The molecule has 0 aromatic heterocycles. The van der Waals surface area contributed by atoms with Gasteiger partial charge in [-0.2, -0.15) is 0 Å². The van der Waals surface area contributed by atoms with Gasteiger partial charge in [-0.25, -0.2) is 14.4 Å². The number of carboxylic acids is 4. The second kappa shape index (κ2) is 14.4. The summed E-state index contributed by atoms with van der Waals surface area (Å²) < 4.78 is 0. The first-order valence-corrected chi connectivity index (χ1v) is 5.93. The summed E-state index contributed by atoms with van der Waals surface area (Å²) in [5.41, 5.74) is -0.204. The van der Waals surface area contributed by atoms with Gasteiger partial charge >= 0.3 is 17.9 Å². The van der Waals surface area contributed by atoms with Crippen molar-refractivity contribution in [1.29, 1.82) is 0 Å². The number of hydrogen-bond donors (Lipinski definition) is 4. The lowest BCUT2D eigenvalue weighted by atomic mass is 10.1. The molecule has 0 unspecified atom stereocenters. The zero-order valence-electron chi connectivity index (χ0n) is 13.1. The van der Waals surface area contributed by atoms with Gasteiger partial charge in [-0.1, -0.05) is 18.7 Å². The van der Waals surface area contributed by atoms with Crippen molar-refractivity contribution in [2.24, 2.45) is 0 Å². The SMILES string of the molecule is C=C(C)C(=O)O.C=O.CC(=O)O.O=C(O)c1ccccc1C(=O)O. The standard InChI is InChI=1S/C8H6O4.C4H6O2.C2H4O2.CH2O/c9-7(10)5-3-1-2-4-6(5)8(11)12;1-3(2)4(5)6;1-2(3)4;1-2/h1-4H,(H,9,10)(H,11,12);1H2,2H3,(H,5,6);1H3,(H,3,4);1H2. The minimum absolute atomic E-state index is 0.176. The Hall–Kier alpha value is -3.49. The fourth-order valence-electron chi connectivity index (χ4n) is 0.856. The Morgan fingerprint density at radius 3 is 1.12 bits per heavy atom. The van der Waals surface area contributed by atoms with Gasteiger partial charge in [0.15, 0.2) is 0 Å². The molecule has 0 saturated carbocycles. The summed E-state index contributed by atoms with van der Waals surface area (Å²) in [4.78, 5) is 47.5. The molecule has 4 N–H and O–H groups in total. The Morgan fingerprint density at radius 1 is 0.792 bits per heavy atom. The maximum absolute atomic E-state index is 10.5. The zero-order valence-corrected chi connectivity index (χ0v) is 13.1. The first-order chi connectivity index (χ1) is 11.0. The van der Waals surface area contributed by atoms with Crippen molar-refractivity contribution < 1.29 is 44.4 Å². The van der Waals surface area contributed by atoms with Crippen LogP contribution in [0.4, 0.5) is 0 Å². The lowest BCUT2D eigenvalue weighted by molar-refractivity contribution is -0.134. The van der Waals surface area contributed by atoms with Crippen molar-refractivity contribution in [3.05, 3.63) is 47.5 Å². The molecular weight excluding hydrogens is 324 g/mol. The van der Waals surface area contributed by atoms with Crippen LogP contribution in [-0.2, 0) is 14.4 Å². The third kappa shape index (κ3) is 14.9. The number of benzene rings is 1. The smallest absolute Gasteiger partial charge is 0.336 e. The van der Waals surface area contributed by atoms with Gasteiger partial charge in [0.1, 0.15) is 6.79 Å². The largest absolute Gasteiger partial charge is 0.481 e. The van der Waals surface area contributed by atoms with E-state index in [0.717, 1.165) is 6.92 Å². The normalized spacial score (nSPS) is 7.75. The molecule has 0 aliphatic rings. The molecule has 0 bridgehead atoms. The summed E-state index contributed by atoms with van der Waals surface area (Å²) in [6.45, 7) is 7.69.